The Balaban J connectivity index is 2.62. The summed E-state index contributed by atoms with van der Waals surface area (Å²) < 4.78 is 5.41. The van der Waals surface area contributed by atoms with Gasteiger partial charge in [-0.25, -0.2) is 0 Å². The van der Waals surface area contributed by atoms with Crippen LogP contribution in [0.3, 0.4) is 0 Å². The fourth-order valence-electron chi connectivity index (χ4n) is 1.56. The van der Waals surface area contributed by atoms with Crippen LogP contribution in [0.4, 0.5) is 0 Å². The van der Waals surface area contributed by atoms with Crippen LogP contribution in [0, 0.1) is 18.3 Å². The average molecular weight is 203 g/mol. The van der Waals surface area contributed by atoms with Gasteiger partial charge < -0.3 is 4.74 Å². The van der Waals surface area contributed by atoms with Gasteiger partial charge in [0, 0.05) is 6.42 Å². The third kappa shape index (κ3) is 3.63. The quantitative estimate of drug-likeness (QED) is 0.688. The van der Waals surface area contributed by atoms with E-state index in [1.807, 2.05) is 13.0 Å². The number of ether oxygens (including phenoxy) is 1. The van der Waals surface area contributed by atoms with Crippen molar-refractivity contribution in [2.45, 2.75) is 33.1 Å². The van der Waals surface area contributed by atoms with Crippen molar-refractivity contribution in [3.63, 3.8) is 0 Å². The van der Waals surface area contributed by atoms with Gasteiger partial charge in [-0.2, -0.15) is 5.26 Å². The molecule has 0 fully saturated rings. The molecule has 15 heavy (non-hydrogen) atoms. The van der Waals surface area contributed by atoms with Crippen LogP contribution in [0.2, 0.25) is 0 Å². The Bertz CT molecular complexity index is 352. The lowest BCUT2D eigenvalue weighted by Crippen LogP contribution is -1.94. The van der Waals surface area contributed by atoms with E-state index in [2.05, 4.69) is 25.1 Å². The molecule has 0 aromatic heterocycles. The first kappa shape index (κ1) is 11.6. The van der Waals surface area contributed by atoms with Gasteiger partial charge in [0.1, 0.15) is 5.75 Å². The van der Waals surface area contributed by atoms with Gasteiger partial charge in [0.25, 0.3) is 0 Å². The van der Waals surface area contributed by atoms with Crippen LogP contribution in [0.5, 0.6) is 5.75 Å². The first-order valence-electron chi connectivity index (χ1n) is 5.37. The topological polar surface area (TPSA) is 33.0 Å². The van der Waals surface area contributed by atoms with Crippen LogP contribution in [0.1, 0.15) is 30.9 Å². The lowest BCUT2D eigenvalue weighted by molar-refractivity contribution is 0.340. The molecule has 0 aliphatic heterocycles. The Labute approximate surface area is 91.5 Å². The Morgan fingerprint density at radius 2 is 2.20 bits per heavy atom. The van der Waals surface area contributed by atoms with E-state index in [4.69, 9.17) is 10.00 Å². The molecule has 0 N–H and O–H groups in total. The molecule has 2 nitrogen and oxygen atoms in total. The number of aryl methyl sites for hydroxylation is 2. The number of hydrogen-bond donors (Lipinski definition) is 0. The fraction of sp³-hybridized carbons (Fsp3) is 0.462. The number of hydrogen-bond acceptors (Lipinski definition) is 2. The molecule has 2 heteroatoms. The van der Waals surface area contributed by atoms with Gasteiger partial charge in [0.05, 0.1) is 12.7 Å². The maximum absolute atomic E-state index is 8.46. The van der Waals surface area contributed by atoms with Gasteiger partial charge in [-0.05, 0) is 49.9 Å². The molecule has 0 atom stereocenters. The molecule has 0 amide bonds. The minimum Gasteiger partial charge on any atom is -0.494 e. The molecular formula is C13H17NO. The molecule has 1 aromatic carbocycles. The summed E-state index contributed by atoms with van der Waals surface area (Å²) in [4.78, 5) is 0. The van der Waals surface area contributed by atoms with Crippen molar-refractivity contribution in [3.8, 4) is 11.8 Å². The van der Waals surface area contributed by atoms with Crippen LogP contribution in [-0.2, 0) is 6.42 Å². The van der Waals surface area contributed by atoms with Crippen LogP contribution < -0.4 is 4.74 Å². The molecule has 1 rings (SSSR count). The largest absolute Gasteiger partial charge is 0.494 e. The van der Waals surface area contributed by atoms with E-state index in [0.717, 1.165) is 18.6 Å². The van der Waals surface area contributed by atoms with E-state index in [1.54, 1.807) is 0 Å². The van der Waals surface area contributed by atoms with Crippen LogP contribution >= 0.6 is 0 Å². The van der Waals surface area contributed by atoms with Gasteiger partial charge in [0.15, 0.2) is 0 Å². The number of nitriles is 1. The maximum Gasteiger partial charge on any atom is 0.119 e. The molecule has 0 aliphatic rings. The molecule has 0 bridgehead atoms. The summed E-state index contributed by atoms with van der Waals surface area (Å²) in [6.07, 6.45) is 2.55. The molecule has 0 saturated heterocycles. The van der Waals surface area contributed by atoms with Gasteiger partial charge >= 0.3 is 0 Å². The zero-order valence-electron chi connectivity index (χ0n) is 9.42. The van der Waals surface area contributed by atoms with E-state index >= 15 is 0 Å². The second-order valence-corrected chi connectivity index (χ2v) is 3.53. The summed E-state index contributed by atoms with van der Waals surface area (Å²) in [5.74, 6) is 0.930. The summed E-state index contributed by atoms with van der Waals surface area (Å²) >= 11 is 0. The van der Waals surface area contributed by atoms with E-state index < -0.39 is 0 Å². The van der Waals surface area contributed by atoms with Crippen molar-refractivity contribution in [3.05, 3.63) is 29.3 Å². The predicted molar refractivity (Wildman–Crippen MR) is 60.9 cm³/mol. The molecule has 0 heterocycles. The van der Waals surface area contributed by atoms with Crippen LogP contribution in [0.25, 0.3) is 0 Å². The lowest BCUT2D eigenvalue weighted by atomic mass is 10.0. The summed E-state index contributed by atoms with van der Waals surface area (Å²) in [5, 5.41) is 8.46. The number of benzene rings is 1. The average Bonchev–Trinajstić information content (AvgIpc) is 2.22. The van der Waals surface area contributed by atoms with Crippen LogP contribution in [-0.4, -0.2) is 6.61 Å². The standard InChI is InChI=1S/C13H17NO/c1-3-15-13-8-7-12(11(2)10-13)6-4-5-9-14/h7-8,10H,3-6H2,1-2H3. The highest BCUT2D eigenvalue weighted by atomic mass is 16.5. The third-order valence-corrected chi connectivity index (χ3v) is 2.36. The van der Waals surface area contributed by atoms with E-state index in [1.165, 1.54) is 11.1 Å². The van der Waals surface area contributed by atoms with Gasteiger partial charge in [0.2, 0.25) is 0 Å². The first-order valence-corrected chi connectivity index (χ1v) is 5.37. The number of rotatable bonds is 5. The Kier molecular flexibility index (Phi) is 4.70. The van der Waals surface area contributed by atoms with Crippen LogP contribution in [0.15, 0.2) is 18.2 Å². The van der Waals surface area contributed by atoms with Gasteiger partial charge in [-0.3, -0.25) is 0 Å². The van der Waals surface area contributed by atoms with Crippen molar-refractivity contribution in [1.29, 1.82) is 5.26 Å². The molecule has 0 radical (unpaired) electrons. The Morgan fingerprint density at radius 1 is 1.40 bits per heavy atom. The normalized spacial score (nSPS) is 9.67. The number of nitrogens with zero attached hydrogens (tertiary/aromatic N) is 1. The van der Waals surface area contributed by atoms with Crippen molar-refractivity contribution in [1.82, 2.24) is 0 Å². The molecule has 0 aliphatic carbocycles. The second kappa shape index (κ2) is 6.08. The van der Waals surface area contributed by atoms with E-state index in [-0.39, 0.29) is 0 Å². The summed E-state index contributed by atoms with van der Waals surface area (Å²) in [5.41, 5.74) is 2.56. The highest BCUT2D eigenvalue weighted by Gasteiger charge is 2.00. The smallest absolute Gasteiger partial charge is 0.119 e. The SMILES string of the molecule is CCOc1ccc(CCCC#N)c(C)c1. The highest BCUT2D eigenvalue weighted by Crippen LogP contribution is 2.18. The number of unbranched alkanes of at least 4 members (excludes halogenated alkanes) is 1. The first-order chi connectivity index (χ1) is 7.27. The van der Waals surface area contributed by atoms with E-state index in [0.29, 0.717) is 13.0 Å². The molecule has 80 valence electrons. The molecule has 0 unspecified atom stereocenters. The van der Waals surface area contributed by atoms with Gasteiger partial charge in [-0.1, -0.05) is 6.07 Å². The summed E-state index contributed by atoms with van der Waals surface area (Å²) in [6.45, 7) is 4.77. The van der Waals surface area contributed by atoms with Gasteiger partial charge in [-0.15, -0.1) is 0 Å². The Hall–Kier alpha value is -1.49. The zero-order chi connectivity index (χ0) is 11.1. The fourth-order valence-corrected chi connectivity index (χ4v) is 1.56. The maximum atomic E-state index is 8.46. The summed E-state index contributed by atoms with van der Waals surface area (Å²) in [7, 11) is 0. The minimum atomic E-state index is 0.632. The lowest BCUT2D eigenvalue weighted by Gasteiger charge is -2.08. The Morgan fingerprint density at radius 3 is 2.80 bits per heavy atom. The zero-order valence-corrected chi connectivity index (χ0v) is 9.42. The highest BCUT2D eigenvalue weighted by molar-refractivity contribution is 5.34. The van der Waals surface area contributed by atoms with E-state index in [9.17, 15) is 0 Å². The van der Waals surface area contributed by atoms with Crippen molar-refractivity contribution in [2.24, 2.45) is 0 Å². The monoisotopic (exact) mass is 203 g/mol. The van der Waals surface area contributed by atoms with Crippen molar-refractivity contribution < 1.29 is 4.74 Å². The minimum absolute atomic E-state index is 0.632. The molecule has 0 spiro atoms. The molecule has 0 saturated carbocycles. The molecular weight excluding hydrogens is 186 g/mol. The second-order valence-electron chi connectivity index (χ2n) is 3.53. The molecule has 1 aromatic rings. The third-order valence-electron chi connectivity index (χ3n) is 2.36. The van der Waals surface area contributed by atoms with Crippen molar-refractivity contribution >= 4 is 0 Å². The van der Waals surface area contributed by atoms with Crippen molar-refractivity contribution in [2.75, 3.05) is 6.61 Å². The summed E-state index contributed by atoms with van der Waals surface area (Å²) in [6, 6.07) is 8.32. The predicted octanol–water partition coefficient (Wildman–Crippen LogP) is 3.24.